The first-order valence-electron chi connectivity index (χ1n) is 3.04. The molecule has 0 fully saturated rings. The number of alkyl halides is 3. The van der Waals surface area contributed by atoms with Crippen molar-refractivity contribution in [1.29, 1.82) is 0 Å². The van der Waals surface area contributed by atoms with Crippen molar-refractivity contribution in [3.05, 3.63) is 30.8 Å². The largest absolute Gasteiger partial charge is 0.417 e. The third kappa shape index (κ3) is 2.73. The van der Waals surface area contributed by atoms with E-state index in [4.69, 9.17) is 11.6 Å². The first-order valence-corrected chi connectivity index (χ1v) is 5.29. The average Bonchev–Trinajstić information content (AvgIpc) is 1.94. The summed E-state index contributed by atoms with van der Waals surface area (Å²) in [6, 6.07) is 2.25. The zero-order valence-corrected chi connectivity index (χ0v) is 10.4. The number of halogens is 6. The van der Waals surface area contributed by atoms with E-state index < -0.39 is 11.7 Å². The van der Waals surface area contributed by atoms with Crippen LogP contribution >= 0.6 is 50.1 Å². The van der Waals surface area contributed by atoms with Gasteiger partial charge in [0.1, 0.15) is 0 Å². The molecule has 0 atom stereocenters. The number of hydrogen-bond acceptors (Lipinski definition) is 0. The molecule has 0 aromatic heterocycles. The molecule has 0 spiro atoms. The van der Waals surface area contributed by atoms with Crippen LogP contribution < -0.4 is 0 Å². The Hall–Kier alpha value is 0.510. The molecule has 0 N–H and O–H groups in total. The molecule has 1 aromatic carbocycles. The minimum absolute atomic E-state index is 0.0367. The van der Waals surface area contributed by atoms with Gasteiger partial charge in [-0.05, 0) is 34.7 Å². The Morgan fingerprint density at radius 2 is 1.85 bits per heavy atom. The molecule has 6 heteroatoms. The van der Waals surface area contributed by atoms with Gasteiger partial charge in [0.2, 0.25) is 0 Å². The van der Waals surface area contributed by atoms with E-state index in [9.17, 15) is 13.2 Å². The monoisotopic (exact) mass is 384 g/mol. The summed E-state index contributed by atoms with van der Waals surface area (Å²) >= 11 is 10.2. The molecule has 0 aliphatic heterocycles. The quantitative estimate of drug-likeness (QED) is 0.448. The summed E-state index contributed by atoms with van der Waals surface area (Å²) < 4.78 is 37.2. The smallest absolute Gasteiger partial charge is 0.166 e. The van der Waals surface area contributed by atoms with Crippen molar-refractivity contribution in [3.8, 4) is 0 Å². The van der Waals surface area contributed by atoms with Gasteiger partial charge < -0.3 is 0 Å². The Balaban J connectivity index is 3.32. The number of hydrogen-bond donors (Lipinski definition) is 0. The van der Waals surface area contributed by atoms with Gasteiger partial charge in [-0.2, -0.15) is 13.2 Å². The molecule has 0 unspecified atom stereocenters. The molecule has 1 aromatic rings. The van der Waals surface area contributed by atoms with Crippen molar-refractivity contribution in [1.82, 2.24) is 0 Å². The van der Waals surface area contributed by atoms with Crippen LogP contribution in [0.4, 0.5) is 13.2 Å². The van der Waals surface area contributed by atoms with Gasteiger partial charge in [0, 0.05) is 8.04 Å². The fraction of sp³-hybridized carbons (Fsp3) is 0.143. The summed E-state index contributed by atoms with van der Waals surface area (Å²) in [7, 11) is 0. The molecule has 1 rings (SSSR count). The van der Waals surface area contributed by atoms with Gasteiger partial charge in [-0.3, -0.25) is 0 Å². The second-order valence-electron chi connectivity index (χ2n) is 2.24. The highest BCUT2D eigenvalue weighted by atomic mass is 127. The van der Waals surface area contributed by atoms with Crippen LogP contribution in [0.1, 0.15) is 5.56 Å². The number of rotatable bonds is 0. The van der Waals surface area contributed by atoms with E-state index in [0.717, 1.165) is 6.07 Å². The second kappa shape index (κ2) is 3.94. The number of benzene rings is 1. The highest BCUT2D eigenvalue weighted by Crippen LogP contribution is 2.37. The van der Waals surface area contributed by atoms with Crippen molar-refractivity contribution in [3.63, 3.8) is 0 Å². The Labute approximate surface area is 99.7 Å². The Bertz CT molecular complexity index is 337. The standard InChI is InChI=1S/C7H2BrClF3I/c8-4-2-5(9)6(13)1-3(4)7(10,11)12/h1-2H. The van der Waals surface area contributed by atoms with Crippen LogP contribution in [0.2, 0.25) is 5.02 Å². The van der Waals surface area contributed by atoms with Gasteiger partial charge in [0.25, 0.3) is 0 Å². The zero-order valence-electron chi connectivity index (χ0n) is 5.92. The maximum atomic E-state index is 12.3. The van der Waals surface area contributed by atoms with Crippen molar-refractivity contribution in [2.24, 2.45) is 0 Å². The van der Waals surface area contributed by atoms with Crippen LogP contribution in [0.25, 0.3) is 0 Å². The highest BCUT2D eigenvalue weighted by Gasteiger charge is 2.33. The van der Waals surface area contributed by atoms with Crippen LogP contribution in [0.15, 0.2) is 16.6 Å². The molecular weight excluding hydrogens is 383 g/mol. The molecule has 0 radical (unpaired) electrons. The van der Waals surface area contributed by atoms with Crippen LogP contribution in [-0.4, -0.2) is 0 Å². The third-order valence-electron chi connectivity index (χ3n) is 1.32. The second-order valence-corrected chi connectivity index (χ2v) is 4.67. The predicted octanol–water partition coefficient (Wildman–Crippen LogP) is 4.73. The summed E-state index contributed by atoms with van der Waals surface area (Å²) in [4.78, 5) is 0. The molecule has 0 aliphatic rings. The fourth-order valence-electron chi connectivity index (χ4n) is 0.740. The Kier molecular flexibility index (Phi) is 3.51. The lowest BCUT2D eigenvalue weighted by Crippen LogP contribution is -2.06. The maximum absolute atomic E-state index is 12.3. The molecule has 0 saturated heterocycles. The SMILES string of the molecule is FC(F)(F)c1cc(I)c(Cl)cc1Br. The minimum atomic E-state index is -4.34. The molecule has 0 heterocycles. The third-order valence-corrected chi connectivity index (χ3v) is 3.50. The van der Waals surface area contributed by atoms with Crippen LogP contribution in [0, 0.1) is 3.57 Å². The van der Waals surface area contributed by atoms with Gasteiger partial charge in [-0.15, -0.1) is 0 Å². The first-order chi connectivity index (χ1) is 5.82. The normalized spacial score (nSPS) is 11.8. The van der Waals surface area contributed by atoms with E-state index in [0.29, 0.717) is 8.59 Å². The zero-order chi connectivity index (χ0) is 10.2. The lowest BCUT2D eigenvalue weighted by Gasteiger charge is -2.09. The Morgan fingerprint density at radius 1 is 1.31 bits per heavy atom. The van der Waals surface area contributed by atoms with E-state index in [1.54, 1.807) is 22.6 Å². The van der Waals surface area contributed by atoms with Crippen LogP contribution in [0.5, 0.6) is 0 Å². The summed E-state index contributed by atoms with van der Waals surface area (Å²) in [5.41, 5.74) is -0.707. The molecule has 0 amide bonds. The first kappa shape index (κ1) is 11.6. The lowest BCUT2D eigenvalue weighted by atomic mass is 10.2. The van der Waals surface area contributed by atoms with E-state index in [1.165, 1.54) is 6.07 Å². The van der Waals surface area contributed by atoms with Crippen LogP contribution in [-0.2, 0) is 6.18 Å². The van der Waals surface area contributed by atoms with Crippen molar-refractivity contribution in [2.45, 2.75) is 6.18 Å². The van der Waals surface area contributed by atoms with Gasteiger partial charge in [0.15, 0.2) is 0 Å². The van der Waals surface area contributed by atoms with Crippen LogP contribution in [0.3, 0.4) is 0 Å². The topological polar surface area (TPSA) is 0 Å². The fourth-order valence-corrected chi connectivity index (χ4v) is 2.07. The molecule has 13 heavy (non-hydrogen) atoms. The predicted molar refractivity (Wildman–Crippen MR) is 56.9 cm³/mol. The van der Waals surface area contributed by atoms with E-state index in [1.807, 2.05) is 0 Å². The molecule has 0 bridgehead atoms. The molecule has 0 aliphatic carbocycles. The van der Waals surface area contributed by atoms with E-state index in [-0.39, 0.29) is 4.47 Å². The van der Waals surface area contributed by atoms with E-state index >= 15 is 0 Å². The molecule has 72 valence electrons. The molecule has 0 nitrogen and oxygen atoms in total. The van der Waals surface area contributed by atoms with Crippen molar-refractivity contribution >= 4 is 50.1 Å². The van der Waals surface area contributed by atoms with Gasteiger partial charge >= 0.3 is 6.18 Å². The van der Waals surface area contributed by atoms with Gasteiger partial charge in [0.05, 0.1) is 10.6 Å². The van der Waals surface area contributed by atoms with E-state index in [2.05, 4.69) is 15.9 Å². The highest BCUT2D eigenvalue weighted by molar-refractivity contribution is 14.1. The molecular formula is C7H2BrClF3I. The maximum Gasteiger partial charge on any atom is 0.417 e. The van der Waals surface area contributed by atoms with Gasteiger partial charge in [-0.25, -0.2) is 0 Å². The summed E-state index contributed by atoms with van der Waals surface area (Å²) in [6.45, 7) is 0. The molecule has 0 saturated carbocycles. The van der Waals surface area contributed by atoms with Crippen molar-refractivity contribution in [2.75, 3.05) is 0 Å². The summed E-state index contributed by atoms with van der Waals surface area (Å²) in [6.07, 6.45) is -4.34. The summed E-state index contributed by atoms with van der Waals surface area (Å²) in [5.74, 6) is 0. The minimum Gasteiger partial charge on any atom is -0.166 e. The Morgan fingerprint density at radius 3 is 2.31 bits per heavy atom. The van der Waals surface area contributed by atoms with Gasteiger partial charge in [-0.1, -0.05) is 27.5 Å². The van der Waals surface area contributed by atoms with Crippen molar-refractivity contribution < 1.29 is 13.2 Å². The lowest BCUT2D eigenvalue weighted by molar-refractivity contribution is -0.138. The summed E-state index contributed by atoms with van der Waals surface area (Å²) in [5, 5.41) is 0.306. The average molecular weight is 385 g/mol.